The molecule has 0 aliphatic carbocycles. The van der Waals surface area contributed by atoms with Gasteiger partial charge in [0.2, 0.25) is 0 Å². The number of methoxy groups -OCH3 is 1. The lowest BCUT2D eigenvalue weighted by Crippen LogP contribution is -2.13. The molecule has 0 aliphatic heterocycles. The van der Waals surface area contributed by atoms with Crippen molar-refractivity contribution in [1.82, 2.24) is 0 Å². The van der Waals surface area contributed by atoms with Crippen LogP contribution < -0.4 is 4.74 Å². The second-order valence-corrected chi connectivity index (χ2v) is 5.78. The molecular weight excluding hydrogens is 312 g/mol. The Bertz CT molecular complexity index is 913. The van der Waals surface area contributed by atoms with Crippen LogP contribution in [0, 0.1) is 6.92 Å². The summed E-state index contributed by atoms with van der Waals surface area (Å²) in [6.07, 6.45) is 0. The summed E-state index contributed by atoms with van der Waals surface area (Å²) < 4.78 is 5.42. The number of carbonyl (C=O) groups is 2. The fourth-order valence-electron chi connectivity index (χ4n) is 2.81. The van der Waals surface area contributed by atoms with E-state index in [1.54, 1.807) is 60.7 Å². The Hall–Kier alpha value is -3.20. The maximum atomic E-state index is 13.1. The molecule has 0 saturated heterocycles. The van der Waals surface area contributed by atoms with Gasteiger partial charge in [0.25, 0.3) is 0 Å². The second-order valence-electron chi connectivity index (χ2n) is 5.78. The molecule has 0 heterocycles. The highest BCUT2D eigenvalue weighted by Gasteiger charge is 2.24. The van der Waals surface area contributed by atoms with Gasteiger partial charge in [-0.2, -0.15) is 0 Å². The summed E-state index contributed by atoms with van der Waals surface area (Å²) in [5, 5.41) is 0. The zero-order valence-corrected chi connectivity index (χ0v) is 14.2. The van der Waals surface area contributed by atoms with Crippen LogP contribution in [0.2, 0.25) is 0 Å². The molecule has 124 valence electrons. The van der Waals surface area contributed by atoms with Crippen LogP contribution in [0.4, 0.5) is 0 Å². The molecule has 0 bridgehead atoms. The van der Waals surface area contributed by atoms with Gasteiger partial charge in [0.15, 0.2) is 11.6 Å². The highest BCUT2D eigenvalue weighted by atomic mass is 16.5. The second kappa shape index (κ2) is 7.14. The Kier molecular flexibility index (Phi) is 4.75. The van der Waals surface area contributed by atoms with Crippen molar-refractivity contribution in [3.05, 3.63) is 101 Å². The van der Waals surface area contributed by atoms with Crippen LogP contribution in [-0.2, 0) is 0 Å². The number of ketones is 2. The number of rotatable bonds is 5. The first-order valence-corrected chi connectivity index (χ1v) is 8.00. The third kappa shape index (κ3) is 3.36. The van der Waals surface area contributed by atoms with E-state index in [4.69, 9.17) is 4.74 Å². The first kappa shape index (κ1) is 16.7. The van der Waals surface area contributed by atoms with Gasteiger partial charge in [0, 0.05) is 16.7 Å². The summed E-state index contributed by atoms with van der Waals surface area (Å²) in [5.74, 6) is -0.00764. The molecule has 3 rings (SSSR count). The van der Waals surface area contributed by atoms with E-state index in [2.05, 4.69) is 0 Å². The Morgan fingerprint density at radius 3 is 1.80 bits per heavy atom. The SMILES string of the molecule is COc1cc(C)cc(C(=O)c2ccccc2)c1C(=O)c1ccccc1. The van der Waals surface area contributed by atoms with Gasteiger partial charge in [-0.25, -0.2) is 0 Å². The van der Waals surface area contributed by atoms with Crippen LogP contribution in [-0.4, -0.2) is 18.7 Å². The normalized spacial score (nSPS) is 10.3. The molecule has 3 nitrogen and oxygen atoms in total. The number of ether oxygens (including phenoxy) is 1. The monoisotopic (exact) mass is 330 g/mol. The van der Waals surface area contributed by atoms with Crippen molar-refractivity contribution in [3.8, 4) is 5.75 Å². The maximum absolute atomic E-state index is 13.1. The quantitative estimate of drug-likeness (QED) is 0.649. The fourth-order valence-corrected chi connectivity index (χ4v) is 2.81. The summed E-state index contributed by atoms with van der Waals surface area (Å²) in [6.45, 7) is 1.88. The van der Waals surface area contributed by atoms with E-state index < -0.39 is 0 Å². The maximum Gasteiger partial charge on any atom is 0.197 e. The van der Waals surface area contributed by atoms with E-state index in [-0.39, 0.29) is 11.6 Å². The molecule has 0 unspecified atom stereocenters. The molecule has 0 fully saturated rings. The third-order valence-electron chi connectivity index (χ3n) is 4.01. The van der Waals surface area contributed by atoms with Gasteiger partial charge in [-0.05, 0) is 24.6 Å². The van der Waals surface area contributed by atoms with Crippen molar-refractivity contribution < 1.29 is 14.3 Å². The largest absolute Gasteiger partial charge is 0.496 e. The van der Waals surface area contributed by atoms with Crippen LogP contribution in [0.15, 0.2) is 72.8 Å². The highest BCUT2D eigenvalue weighted by molar-refractivity contribution is 6.21. The molecule has 0 aliphatic rings. The summed E-state index contributed by atoms with van der Waals surface area (Å²) in [5.41, 5.74) is 2.58. The van der Waals surface area contributed by atoms with E-state index in [1.807, 2.05) is 19.1 Å². The van der Waals surface area contributed by atoms with E-state index in [0.717, 1.165) is 5.56 Å². The Balaban J connectivity index is 2.20. The first-order valence-electron chi connectivity index (χ1n) is 8.00. The van der Waals surface area contributed by atoms with Crippen LogP contribution in [0.1, 0.15) is 37.4 Å². The molecule has 0 radical (unpaired) electrons. The molecule has 0 spiro atoms. The van der Waals surface area contributed by atoms with E-state index in [1.165, 1.54) is 7.11 Å². The molecule has 3 aromatic carbocycles. The molecule has 3 aromatic rings. The average molecular weight is 330 g/mol. The van der Waals surface area contributed by atoms with Crippen LogP contribution in [0.3, 0.4) is 0 Å². The topological polar surface area (TPSA) is 43.4 Å². The molecule has 0 N–H and O–H groups in total. The zero-order chi connectivity index (χ0) is 17.8. The van der Waals surface area contributed by atoms with E-state index in [9.17, 15) is 9.59 Å². The first-order chi connectivity index (χ1) is 12.1. The van der Waals surface area contributed by atoms with Crippen molar-refractivity contribution in [2.45, 2.75) is 6.92 Å². The number of benzene rings is 3. The summed E-state index contributed by atoms with van der Waals surface area (Å²) >= 11 is 0. The Morgan fingerprint density at radius 1 is 0.760 bits per heavy atom. The number of carbonyl (C=O) groups excluding carboxylic acids is 2. The van der Waals surface area contributed by atoms with E-state index >= 15 is 0 Å². The van der Waals surface area contributed by atoms with Crippen molar-refractivity contribution in [3.63, 3.8) is 0 Å². The van der Waals surface area contributed by atoms with Gasteiger partial charge in [-0.1, -0.05) is 60.7 Å². The minimum Gasteiger partial charge on any atom is -0.496 e. The summed E-state index contributed by atoms with van der Waals surface area (Å²) in [6, 6.07) is 21.4. The molecule has 0 atom stereocenters. The molecular formula is C22H18O3. The molecule has 3 heteroatoms. The fraction of sp³-hybridized carbons (Fsp3) is 0.0909. The zero-order valence-electron chi connectivity index (χ0n) is 14.2. The lowest BCUT2D eigenvalue weighted by molar-refractivity contribution is 0.100. The average Bonchev–Trinajstić information content (AvgIpc) is 2.67. The van der Waals surface area contributed by atoms with Gasteiger partial charge < -0.3 is 4.74 Å². The number of aryl methyl sites for hydroxylation is 1. The molecule has 0 amide bonds. The van der Waals surface area contributed by atoms with Crippen LogP contribution >= 0.6 is 0 Å². The van der Waals surface area contributed by atoms with Gasteiger partial charge in [-0.3, -0.25) is 9.59 Å². The number of hydrogen-bond acceptors (Lipinski definition) is 3. The third-order valence-corrected chi connectivity index (χ3v) is 4.01. The molecule has 25 heavy (non-hydrogen) atoms. The van der Waals surface area contributed by atoms with Crippen molar-refractivity contribution in [1.29, 1.82) is 0 Å². The van der Waals surface area contributed by atoms with Gasteiger partial charge in [0.05, 0.1) is 12.7 Å². The van der Waals surface area contributed by atoms with Crippen molar-refractivity contribution in [2.75, 3.05) is 7.11 Å². The van der Waals surface area contributed by atoms with E-state index in [0.29, 0.717) is 28.0 Å². The van der Waals surface area contributed by atoms with Gasteiger partial charge >= 0.3 is 0 Å². The summed E-state index contributed by atoms with van der Waals surface area (Å²) in [7, 11) is 1.51. The van der Waals surface area contributed by atoms with Gasteiger partial charge in [0.1, 0.15) is 5.75 Å². The van der Waals surface area contributed by atoms with Crippen molar-refractivity contribution >= 4 is 11.6 Å². The lowest BCUT2D eigenvalue weighted by atomic mass is 9.91. The molecule has 0 aromatic heterocycles. The van der Waals surface area contributed by atoms with Gasteiger partial charge in [-0.15, -0.1) is 0 Å². The standard InChI is InChI=1S/C22H18O3/c1-15-13-18(21(23)16-9-5-3-6-10-16)20(19(14-15)25-2)22(24)17-11-7-4-8-12-17/h3-14H,1-2H3. The number of hydrogen-bond donors (Lipinski definition) is 0. The van der Waals surface area contributed by atoms with Crippen molar-refractivity contribution in [2.24, 2.45) is 0 Å². The highest BCUT2D eigenvalue weighted by Crippen LogP contribution is 2.29. The minimum atomic E-state index is -0.225. The smallest absolute Gasteiger partial charge is 0.197 e. The molecule has 0 saturated carbocycles. The lowest BCUT2D eigenvalue weighted by Gasteiger charge is -2.14. The predicted octanol–water partition coefficient (Wildman–Crippen LogP) is 4.47. The summed E-state index contributed by atoms with van der Waals surface area (Å²) in [4.78, 5) is 26.1. The minimum absolute atomic E-state index is 0.193. The predicted molar refractivity (Wildman–Crippen MR) is 97.5 cm³/mol. The Labute approximate surface area is 146 Å². The Morgan fingerprint density at radius 2 is 1.28 bits per heavy atom. The van der Waals surface area contributed by atoms with Crippen LogP contribution in [0.25, 0.3) is 0 Å². The van der Waals surface area contributed by atoms with Crippen LogP contribution in [0.5, 0.6) is 5.75 Å².